The highest BCUT2D eigenvalue weighted by atomic mass is 32.2. The van der Waals surface area contributed by atoms with E-state index in [0.29, 0.717) is 18.6 Å². The molecule has 1 saturated heterocycles. The van der Waals surface area contributed by atoms with Crippen LogP contribution in [0.3, 0.4) is 0 Å². The zero-order valence-electron chi connectivity index (χ0n) is 8.82. The molecule has 1 fully saturated rings. The third-order valence-corrected chi connectivity index (χ3v) is 3.54. The second-order valence-corrected chi connectivity index (χ2v) is 6.22. The molecule has 1 aliphatic rings. The van der Waals surface area contributed by atoms with E-state index in [1.54, 1.807) is 0 Å². The molecule has 1 aliphatic heterocycles. The Labute approximate surface area is 85.9 Å². The predicted octanol–water partition coefficient (Wildman–Crippen LogP) is 0.0456. The Kier molecular flexibility index (Phi) is 4.34. The first kappa shape index (κ1) is 11.9. The highest BCUT2D eigenvalue weighted by Crippen LogP contribution is 2.18. The van der Waals surface area contributed by atoms with Crippen LogP contribution < -0.4 is 5.32 Å². The second-order valence-electron chi connectivity index (χ2n) is 3.96. The van der Waals surface area contributed by atoms with Crippen LogP contribution in [0.5, 0.6) is 0 Å². The van der Waals surface area contributed by atoms with E-state index in [1.807, 2.05) is 0 Å². The summed E-state index contributed by atoms with van der Waals surface area (Å²) < 4.78 is 27.1. The molecular formula is C9H19NO3S. The summed E-state index contributed by atoms with van der Waals surface area (Å²) in [5, 5.41) is 3.16. The number of sulfone groups is 1. The smallest absolute Gasteiger partial charge is 0.148 e. The van der Waals surface area contributed by atoms with Gasteiger partial charge in [-0.3, -0.25) is 0 Å². The lowest BCUT2D eigenvalue weighted by molar-refractivity contribution is 0.106. The first-order valence-electron chi connectivity index (χ1n) is 4.99. The molecule has 1 heterocycles. The summed E-state index contributed by atoms with van der Waals surface area (Å²) in [6, 6.07) is 0. The molecule has 0 saturated carbocycles. The Morgan fingerprint density at radius 3 is 2.71 bits per heavy atom. The highest BCUT2D eigenvalue weighted by molar-refractivity contribution is 7.90. The van der Waals surface area contributed by atoms with E-state index in [-0.39, 0.29) is 5.75 Å². The summed E-state index contributed by atoms with van der Waals surface area (Å²) >= 11 is 0. The summed E-state index contributed by atoms with van der Waals surface area (Å²) in [6.07, 6.45) is 2.64. The fourth-order valence-corrected chi connectivity index (χ4v) is 2.10. The predicted molar refractivity (Wildman–Crippen MR) is 56.1 cm³/mol. The maximum Gasteiger partial charge on any atom is 0.148 e. The van der Waals surface area contributed by atoms with Crippen LogP contribution in [0.1, 0.15) is 13.3 Å². The molecule has 0 aromatic rings. The van der Waals surface area contributed by atoms with Crippen molar-refractivity contribution in [2.75, 3.05) is 31.7 Å². The summed E-state index contributed by atoms with van der Waals surface area (Å²) in [4.78, 5) is 0. The maximum atomic E-state index is 10.8. The van der Waals surface area contributed by atoms with E-state index >= 15 is 0 Å². The zero-order valence-corrected chi connectivity index (χ0v) is 9.64. The summed E-state index contributed by atoms with van der Waals surface area (Å²) in [5.41, 5.74) is 0. The Balaban J connectivity index is 2.09. The van der Waals surface area contributed by atoms with Gasteiger partial charge in [0, 0.05) is 26.0 Å². The summed E-state index contributed by atoms with van der Waals surface area (Å²) in [6.45, 7) is 4.30. The van der Waals surface area contributed by atoms with Crippen molar-refractivity contribution >= 4 is 9.84 Å². The zero-order chi connectivity index (χ0) is 10.6. The van der Waals surface area contributed by atoms with Gasteiger partial charge in [0.25, 0.3) is 0 Å². The monoisotopic (exact) mass is 221 g/mol. The van der Waals surface area contributed by atoms with Crippen LogP contribution in [0.2, 0.25) is 0 Å². The van der Waals surface area contributed by atoms with E-state index in [9.17, 15) is 8.42 Å². The van der Waals surface area contributed by atoms with Gasteiger partial charge in [-0.25, -0.2) is 8.42 Å². The van der Waals surface area contributed by atoms with Crippen molar-refractivity contribution < 1.29 is 13.2 Å². The van der Waals surface area contributed by atoms with Gasteiger partial charge in [-0.05, 0) is 19.3 Å². The standard InChI is InChI=1S/C9H19NO3S/c1-8-9(3-5-13-8)7-10-4-6-14(2,11)12/h8-10H,3-7H2,1-2H3. The summed E-state index contributed by atoms with van der Waals surface area (Å²) in [7, 11) is -2.83. The minimum Gasteiger partial charge on any atom is -0.378 e. The van der Waals surface area contributed by atoms with Crippen LogP contribution in [0, 0.1) is 5.92 Å². The van der Waals surface area contributed by atoms with Crippen molar-refractivity contribution in [1.82, 2.24) is 5.32 Å². The van der Waals surface area contributed by atoms with Gasteiger partial charge >= 0.3 is 0 Å². The van der Waals surface area contributed by atoms with Crippen molar-refractivity contribution in [3.8, 4) is 0 Å². The normalized spacial score (nSPS) is 28.1. The minimum atomic E-state index is -2.83. The van der Waals surface area contributed by atoms with Crippen LogP contribution in [0.25, 0.3) is 0 Å². The number of hydrogen-bond acceptors (Lipinski definition) is 4. The van der Waals surface area contributed by atoms with Crippen molar-refractivity contribution in [3.63, 3.8) is 0 Å². The molecule has 2 unspecified atom stereocenters. The van der Waals surface area contributed by atoms with Gasteiger partial charge in [-0.2, -0.15) is 0 Å². The Bertz CT molecular complexity index is 263. The van der Waals surface area contributed by atoms with E-state index in [2.05, 4.69) is 12.2 Å². The highest BCUT2D eigenvalue weighted by Gasteiger charge is 2.23. The fourth-order valence-electron chi connectivity index (χ4n) is 1.59. The largest absolute Gasteiger partial charge is 0.378 e. The molecule has 0 amide bonds. The van der Waals surface area contributed by atoms with Crippen LogP contribution in [0.4, 0.5) is 0 Å². The molecule has 0 aliphatic carbocycles. The molecule has 1 rings (SSSR count). The van der Waals surface area contributed by atoms with Gasteiger partial charge in [-0.15, -0.1) is 0 Å². The van der Waals surface area contributed by atoms with Crippen LogP contribution >= 0.6 is 0 Å². The van der Waals surface area contributed by atoms with Gasteiger partial charge in [0.15, 0.2) is 0 Å². The average Bonchev–Trinajstić information content (AvgIpc) is 2.44. The van der Waals surface area contributed by atoms with E-state index in [1.165, 1.54) is 6.26 Å². The molecule has 5 heteroatoms. The van der Waals surface area contributed by atoms with Crippen molar-refractivity contribution in [1.29, 1.82) is 0 Å². The van der Waals surface area contributed by atoms with Gasteiger partial charge in [0.2, 0.25) is 0 Å². The maximum absolute atomic E-state index is 10.8. The molecule has 0 bridgehead atoms. The fraction of sp³-hybridized carbons (Fsp3) is 1.00. The first-order valence-corrected chi connectivity index (χ1v) is 7.05. The average molecular weight is 221 g/mol. The van der Waals surface area contributed by atoms with Crippen molar-refractivity contribution in [2.24, 2.45) is 5.92 Å². The number of nitrogens with one attached hydrogen (secondary N) is 1. The lowest BCUT2D eigenvalue weighted by atomic mass is 10.0. The lowest BCUT2D eigenvalue weighted by Gasteiger charge is -2.14. The SMILES string of the molecule is CC1OCCC1CNCCS(C)(=O)=O. The second kappa shape index (κ2) is 5.09. The first-order chi connectivity index (χ1) is 6.49. The number of ether oxygens (including phenoxy) is 1. The minimum absolute atomic E-state index is 0.217. The molecule has 84 valence electrons. The molecule has 0 spiro atoms. The van der Waals surface area contributed by atoms with Gasteiger partial charge in [-0.1, -0.05) is 0 Å². The van der Waals surface area contributed by atoms with Crippen molar-refractivity contribution in [3.05, 3.63) is 0 Å². The Morgan fingerprint density at radius 2 is 2.21 bits per heavy atom. The molecule has 0 aromatic heterocycles. The molecule has 0 aromatic carbocycles. The summed E-state index contributed by atoms with van der Waals surface area (Å²) in [5.74, 6) is 0.754. The molecule has 1 N–H and O–H groups in total. The molecule has 4 nitrogen and oxygen atoms in total. The quantitative estimate of drug-likeness (QED) is 0.666. The van der Waals surface area contributed by atoms with Gasteiger partial charge < -0.3 is 10.1 Å². The lowest BCUT2D eigenvalue weighted by Crippen LogP contribution is -2.30. The Morgan fingerprint density at radius 1 is 1.50 bits per heavy atom. The van der Waals surface area contributed by atoms with Crippen LogP contribution in [-0.4, -0.2) is 46.2 Å². The van der Waals surface area contributed by atoms with Crippen molar-refractivity contribution in [2.45, 2.75) is 19.4 Å². The van der Waals surface area contributed by atoms with E-state index < -0.39 is 9.84 Å². The van der Waals surface area contributed by atoms with E-state index in [0.717, 1.165) is 19.6 Å². The topological polar surface area (TPSA) is 55.4 Å². The molecule has 0 radical (unpaired) electrons. The Hall–Kier alpha value is -0.130. The van der Waals surface area contributed by atoms with Crippen LogP contribution in [-0.2, 0) is 14.6 Å². The third-order valence-electron chi connectivity index (χ3n) is 2.59. The molecule has 2 atom stereocenters. The van der Waals surface area contributed by atoms with Crippen LogP contribution in [0.15, 0.2) is 0 Å². The molecular weight excluding hydrogens is 202 g/mol. The number of rotatable bonds is 5. The van der Waals surface area contributed by atoms with E-state index in [4.69, 9.17) is 4.74 Å². The third kappa shape index (κ3) is 4.39. The van der Waals surface area contributed by atoms with Gasteiger partial charge in [0.1, 0.15) is 9.84 Å². The molecule has 14 heavy (non-hydrogen) atoms. The van der Waals surface area contributed by atoms with Gasteiger partial charge in [0.05, 0.1) is 11.9 Å². The number of hydrogen-bond donors (Lipinski definition) is 1.